The van der Waals surface area contributed by atoms with Gasteiger partial charge in [0.15, 0.2) is 0 Å². The van der Waals surface area contributed by atoms with Gasteiger partial charge in [0, 0.05) is 12.8 Å². The molecule has 0 saturated heterocycles. The van der Waals surface area contributed by atoms with E-state index in [1.165, 1.54) is 33.4 Å². The van der Waals surface area contributed by atoms with Crippen LogP contribution in [0, 0.1) is 0 Å². The van der Waals surface area contributed by atoms with Crippen molar-refractivity contribution in [3.63, 3.8) is 0 Å². The molecule has 40 heavy (non-hydrogen) atoms. The zero-order valence-electron chi connectivity index (χ0n) is 26.9. The first kappa shape index (κ1) is 40.7. The second kappa shape index (κ2) is 27.7. The van der Waals surface area contributed by atoms with Crippen molar-refractivity contribution < 1.29 is 9.59 Å². The summed E-state index contributed by atoms with van der Waals surface area (Å²) >= 11 is 8.65. The maximum absolute atomic E-state index is 11.2. The summed E-state index contributed by atoms with van der Waals surface area (Å²) in [6.45, 7) is 17.3. The lowest BCUT2D eigenvalue weighted by atomic mass is 10.1. The molecule has 0 aliphatic rings. The summed E-state index contributed by atoms with van der Waals surface area (Å²) in [6.07, 6.45) is 25.5. The summed E-state index contributed by atoms with van der Waals surface area (Å²) in [6, 6.07) is 0. The summed E-state index contributed by atoms with van der Waals surface area (Å²) < 4.78 is 0. The minimum atomic E-state index is 0.130. The van der Waals surface area contributed by atoms with Crippen LogP contribution < -0.4 is 0 Å². The average molecular weight is 638 g/mol. The van der Waals surface area contributed by atoms with Crippen LogP contribution >= 0.6 is 27.5 Å². The number of hydrogen-bond acceptors (Lipinski definition) is 2. The number of ketones is 2. The molecule has 0 aromatic heterocycles. The van der Waals surface area contributed by atoms with Crippen LogP contribution in [0.2, 0.25) is 0 Å². The van der Waals surface area contributed by atoms with E-state index in [0.717, 1.165) is 64.2 Å². The molecule has 0 aromatic carbocycles. The average Bonchev–Trinajstić information content (AvgIpc) is 2.88. The Morgan fingerprint density at radius 1 is 0.475 bits per heavy atom. The third kappa shape index (κ3) is 31.1. The van der Waals surface area contributed by atoms with Crippen molar-refractivity contribution in [2.45, 2.75) is 132 Å². The second-order valence-electron chi connectivity index (χ2n) is 11.3. The largest absolute Gasteiger partial charge is 0.299 e. The fraction of sp³-hybridized carbons (Fsp3) is 0.611. The number of allylic oxidation sites excluding steroid dienone is 12. The van der Waals surface area contributed by atoms with Crippen LogP contribution in [0.1, 0.15) is 132 Å². The van der Waals surface area contributed by atoms with E-state index in [9.17, 15) is 9.59 Å². The minimum Gasteiger partial charge on any atom is -0.299 e. The van der Waals surface area contributed by atoms with Crippen molar-refractivity contribution in [1.29, 1.82) is 0 Å². The molecule has 0 aromatic rings. The van der Waals surface area contributed by atoms with Crippen molar-refractivity contribution in [3.05, 3.63) is 69.9 Å². The van der Waals surface area contributed by atoms with E-state index in [-0.39, 0.29) is 17.4 Å². The maximum atomic E-state index is 11.2. The normalized spacial score (nSPS) is 12.4. The highest BCUT2D eigenvalue weighted by Crippen LogP contribution is 2.13. The van der Waals surface area contributed by atoms with Gasteiger partial charge in [-0.2, -0.15) is 0 Å². The van der Waals surface area contributed by atoms with Crippen LogP contribution in [0.15, 0.2) is 69.9 Å². The molecular formula is C36H58BrClO2. The van der Waals surface area contributed by atoms with Gasteiger partial charge in [-0.1, -0.05) is 85.8 Å². The zero-order chi connectivity index (χ0) is 30.8. The molecule has 0 unspecified atom stereocenters. The minimum absolute atomic E-state index is 0.130. The lowest BCUT2D eigenvalue weighted by Gasteiger charge is -2.01. The number of hydrogen-bond donors (Lipinski definition) is 0. The number of halogens is 2. The smallest absolute Gasteiger partial charge is 0.147 e. The third-order valence-corrected chi connectivity index (χ3v) is 7.30. The Hall–Kier alpha value is -1.45. The summed E-state index contributed by atoms with van der Waals surface area (Å²) in [7, 11) is 0. The van der Waals surface area contributed by atoms with Gasteiger partial charge in [-0.15, -0.1) is 11.6 Å². The molecule has 0 aliphatic carbocycles. The van der Waals surface area contributed by atoms with Crippen molar-refractivity contribution in [2.24, 2.45) is 0 Å². The molecule has 0 N–H and O–H groups in total. The Morgan fingerprint density at radius 2 is 0.750 bits per heavy atom. The molecule has 228 valence electrons. The molecule has 0 rings (SSSR count). The van der Waals surface area contributed by atoms with Gasteiger partial charge in [-0.3, -0.25) is 9.59 Å². The van der Waals surface area contributed by atoms with Crippen molar-refractivity contribution in [3.8, 4) is 0 Å². The third-order valence-electron chi connectivity index (χ3n) is 6.38. The molecule has 0 aliphatic heterocycles. The van der Waals surface area contributed by atoms with Gasteiger partial charge in [-0.05, 0) is 120 Å². The van der Waals surface area contributed by atoms with Gasteiger partial charge in [-0.25, -0.2) is 0 Å². The Morgan fingerprint density at radius 3 is 1.02 bits per heavy atom. The molecule has 0 radical (unpaired) electrons. The van der Waals surface area contributed by atoms with E-state index in [1.54, 1.807) is 0 Å². The zero-order valence-corrected chi connectivity index (χ0v) is 29.3. The van der Waals surface area contributed by atoms with Crippen LogP contribution in [0.25, 0.3) is 0 Å². The molecule has 0 spiro atoms. The summed E-state index contributed by atoms with van der Waals surface area (Å²) in [5.74, 6) is 0.551. The van der Waals surface area contributed by atoms with Crippen LogP contribution in [0.5, 0.6) is 0 Å². The number of carbonyl (C=O) groups is 2. The standard InChI is InChI=1S/C18H29BrO.C18H29ClO/c2*1-15(2)8-5-9-16(3)10-6-11-17(4)12-7-13-18(20)14-19/h2*8,10,12H,5-7,9,11,13-14H2,1-4H3/b2*16-10+,17-12+. The van der Waals surface area contributed by atoms with E-state index < -0.39 is 0 Å². The van der Waals surface area contributed by atoms with Gasteiger partial charge >= 0.3 is 0 Å². The van der Waals surface area contributed by atoms with E-state index in [4.69, 9.17) is 11.6 Å². The lowest BCUT2D eigenvalue weighted by molar-refractivity contribution is -0.117. The summed E-state index contributed by atoms with van der Waals surface area (Å²) in [5.41, 5.74) is 8.48. The molecule has 0 atom stereocenters. The topological polar surface area (TPSA) is 34.1 Å². The number of rotatable bonds is 20. The van der Waals surface area contributed by atoms with E-state index in [2.05, 4.69) is 108 Å². The van der Waals surface area contributed by atoms with Crippen molar-refractivity contribution in [1.82, 2.24) is 0 Å². The first-order valence-corrected chi connectivity index (χ1v) is 16.6. The first-order chi connectivity index (χ1) is 18.9. The Labute approximate surface area is 261 Å². The van der Waals surface area contributed by atoms with Crippen molar-refractivity contribution in [2.75, 3.05) is 11.2 Å². The van der Waals surface area contributed by atoms with Crippen molar-refractivity contribution >= 4 is 39.1 Å². The van der Waals surface area contributed by atoms with Gasteiger partial charge in [0.2, 0.25) is 0 Å². The van der Waals surface area contributed by atoms with Crippen LogP contribution in [-0.4, -0.2) is 22.8 Å². The molecule has 2 nitrogen and oxygen atoms in total. The highest BCUT2D eigenvalue weighted by atomic mass is 79.9. The molecular weight excluding hydrogens is 580 g/mol. The van der Waals surface area contributed by atoms with Gasteiger partial charge in [0.05, 0.1) is 11.2 Å². The van der Waals surface area contributed by atoms with Crippen LogP contribution in [0.4, 0.5) is 0 Å². The second-order valence-corrected chi connectivity index (χ2v) is 12.2. The summed E-state index contributed by atoms with van der Waals surface area (Å²) in [4.78, 5) is 22.2. The first-order valence-electron chi connectivity index (χ1n) is 15.0. The monoisotopic (exact) mass is 636 g/mol. The lowest BCUT2D eigenvalue weighted by Crippen LogP contribution is -1.97. The predicted molar refractivity (Wildman–Crippen MR) is 184 cm³/mol. The predicted octanol–water partition coefficient (Wildman–Crippen LogP) is 12.1. The van der Waals surface area contributed by atoms with Gasteiger partial charge in [0.1, 0.15) is 11.6 Å². The Balaban J connectivity index is 0. The fourth-order valence-electron chi connectivity index (χ4n) is 3.77. The molecule has 0 fully saturated rings. The number of Topliss-reactive ketones (excluding diaryl/α,β-unsaturated/α-hetero) is 2. The molecule has 4 heteroatoms. The fourth-order valence-corrected chi connectivity index (χ4v) is 4.18. The number of alkyl halides is 2. The van der Waals surface area contributed by atoms with E-state index in [0.29, 0.717) is 18.2 Å². The van der Waals surface area contributed by atoms with Crippen LogP contribution in [-0.2, 0) is 9.59 Å². The Kier molecular flexibility index (Phi) is 28.2. The number of carbonyl (C=O) groups excluding carboxylic acids is 2. The molecule has 0 amide bonds. The molecule has 0 bridgehead atoms. The Bertz CT molecular complexity index is 818. The highest BCUT2D eigenvalue weighted by Gasteiger charge is 1.98. The quantitative estimate of drug-likeness (QED) is 0.0983. The van der Waals surface area contributed by atoms with E-state index >= 15 is 0 Å². The van der Waals surface area contributed by atoms with Gasteiger partial charge in [0.25, 0.3) is 0 Å². The van der Waals surface area contributed by atoms with Gasteiger partial charge < -0.3 is 0 Å². The molecule has 0 heterocycles. The molecule has 0 saturated carbocycles. The maximum Gasteiger partial charge on any atom is 0.147 e. The summed E-state index contributed by atoms with van der Waals surface area (Å²) in [5, 5.41) is 0.480. The SMILES string of the molecule is CC(C)=CCC/C(C)=C/CC/C(C)=C/CCC(=O)CBr.CC(C)=CCC/C(C)=C/CC/C(C)=C/CCC(=O)CCl. The van der Waals surface area contributed by atoms with E-state index in [1.807, 2.05) is 0 Å². The highest BCUT2D eigenvalue weighted by molar-refractivity contribution is 9.09. The van der Waals surface area contributed by atoms with Crippen LogP contribution in [0.3, 0.4) is 0 Å².